The highest BCUT2D eigenvalue weighted by Crippen LogP contribution is 2.30. The topological polar surface area (TPSA) is 60.8 Å². The molecule has 1 aliphatic carbocycles. The van der Waals surface area contributed by atoms with Crippen molar-refractivity contribution in [1.82, 2.24) is 4.90 Å². The van der Waals surface area contributed by atoms with Crippen LogP contribution in [-0.4, -0.2) is 45.8 Å². The highest BCUT2D eigenvalue weighted by atomic mass is 16.4. The minimum absolute atomic E-state index is 0.00729. The van der Waals surface area contributed by atoms with E-state index < -0.39 is 11.6 Å². The number of likely N-dealkylation sites (N-methyl/N-ethyl adjacent to an activating group) is 1. The summed E-state index contributed by atoms with van der Waals surface area (Å²) in [7, 11) is 0. The Balaban J connectivity index is 2.50. The van der Waals surface area contributed by atoms with Crippen molar-refractivity contribution in [1.29, 1.82) is 0 Å². The normalized spacial score (nSPS) is 21.2. The lowest BCUT2D eigenvalue weighted by molar-refractivity contribution is -0.138. The Bertz CT molecular complexity index is 236. The van der Waals surface area contributed by atoms with Crippen molar-refractivity contribution in [2.45, 2.75) is 57.6 Å². The smallest absolute Gasteiger partial charge is 0.304 e. The van der Waals surface area contributed by atoms with E-state index in [2.05, 4.69) is 4.90 Å². The molecule has 16 heavy (non-hydrogen) atoms. The molecule has 0 spiro atoms. The number of rotatable bonds is 6. The summed E-state index contributed by atoms with van der Waals surface area (Å²) in [5, 5.41) is 19.1. The monoisotopic (exact) mass is 229 g/mol. The molecule has 1 saturated carbocycles. The van der Waals surface area contributed by atoms with Gasteiger partial charge in [-0.3, -0.25) is 9.69 Å². The van der Waals surface area contributed by atoms with Crippen molar-refractivity contribution in [2.24, 2.45) is 0 Å². The summed E-state index contributed by atoms with van der Waals surface area (Å²) < 4.78 is 0. The van der Waals surface area contributed by atoms with Gasteiger partial charge in [-0.25, -0.2) is 0 Å². The number of aliphatic carboxylic acids is 1. The van der Waals surface area contributed by atoms with E-state index in [-0.39, 0.29) is 12.5 Å². The maximum Gasteiger partial charge on any atom is 0.304 e. The van der Waals surface area contributed by atoms with E-state index in [9.17, 15) is 9.90 Å². The third kappa shape index (κ3) is 3.76. The molecule has 2 N–H and O–H groups in total. The molecule has 4 heteroatoms. The van der Waals surface area contributed by atoms with Crippen LogP contribution in [0.3, 0.4) is 0 Å². The van der Waals surface area contributed by atoms with Crippen LogP contribution in [0.1, 0.15) is 46.0 Å². The molecular weight excluding hydrogens is 206 g/mol. The summed E-state index contributed by atoms with van der Waals surface area (Å²) in [6.07, 6.45) is 4.01. The first-order chi connectivity index (χ1) is 7.47. The summed E-state index contributed by atoms with van der Waals surface area (Å²) >= 11 is 0. The maximum atomic E-state index is 10.7. The SMILES string of the molecule is CCN(CC1(O)CCCC1)C(C)CC(=O)O. The van der Waals surface area contributed by atoms with Crippen molar-refractivity contribution in [3.05, 3.63) is 0 Å². The molecule has 0 saturated heterocycles. The molecule has 1 fully saturated rings. The average Bonchev–Trinajstić information content (AvgIpc) is 2.61. The average molecular weight is 229 g/mol. The summed E-state index contributed by atoms with van der Waals surface area (Å²) in [5.41, 5.74) is -0.581. The zero-order chi connectivity index (χ0) is 12.2. The summed E-state index contributed by atoms with van der Waals surface area (Å²) in [4.78, 5) is 12.7. The molecule has 0 heterocycles. The van der Waals surface area contributed by atoms with Crippen molar-refractivity contribution < 1.29 is 15.0 Å². The highest BCUT2D eigenvalue weighted by molar-refractivity contribution is 5.67. The van der Waals surface area contributed by atoms with E-state index in [1.807, 2.05) is 13.8 Å². The summed E-state index contributed by atoms with van der Waals surface area (Å²) in [6, 6.07) is -0.00729. The first-order valence-electron chi connectivity index (χ1n) is 6.15. The maximum absolute atomic E-state index is 10.7. The molecule has 1 atom stereocenters. The molecule has 0 aromatic rings. The molecule has 0 aliphatic heterocycles. The van der Waals surface area contributed by atoms with Crippen molar-refractivity contribution in [3.8, 4) is 0 Å². The molecular formula is C12H23NO3. The lowest BCUT2D eigenvalue weighted by Gasteiger charge is -2.34. The quantitative estimate of drug-likeness (QED) is 0.724. The van der Waals surface area contributed by atoms with E-state index in [0.717, 1.165) is 32.2 Å². The van der Waals surface area contributed by atoms with Crippen LogP contribution in [0.5, 0.6) is 0 Å². The Labute approximate surface area is 97.3 Å². The predicted octanol–water partition coefficient (Wildman–Crippen LogP) is 1.48. The Morgan fingerprint density at radius 3 is 2.44 bits per heavy atom. The zero-order valence-corrected chi connectivity index (χ0v) is 10.3. The summed E-state index contributed by atoms with van der Waals surface area (Å²) in [6.45, 7) is 5.32. The zero-order valence-electron chi connectivity index (χ0n) is 10.3. The van der Waals surface area contributed by atoms with Gasteiger partial charge in [-0.15, -0.1) is 0 Å². The van der Waals surface area contributed by atoms with Crippen molar-refractivity contribution in [2.75, 3.05) is 13.1 Å². The second kappa shape index (κ2) is 5.64. The molecule has 0 bridgehead atoms. The number of carbonyl (C=O) groups is 1. The van der Waals surface area contributed by atoms with Gasteiger partial charge in [0.05, 0.1) is 12.0 Å². The fourth-order valence-electron chi connectivity index (χ4n) is 2.53. The molecule has 0 radical (unpaired) electrons. The Morgan fingerprint density at radius 2 is 2.00 bits per heavy atom. The first-order valence-corrected chi connectivity index (χ1v) is 6.15. The Kier molecular flexibility index (Phi) is 4.74. The number of hydrogen-bond acceptors (Lipinski definition) is 3. The van der Waals surface area contributed by atoms with E-state index >= 15 is 0 Å². The fraction of sp³-hybridized carbons (Fsp3) is 0.917. The first kappa shape index (κ1) is 13.5. The van der Waals surface area contributed by atoms with Gasteiger partial charge < -0.3 is 10.2 Å². The number of carboxylic acids is 1. The second-order valence-corrected chi connectivity index (χ2v) is 4.94. The van der Waals surface area contributed by atoms with E-state index in [4.69, 9.17) is 5.11 Å². The Morgan fingerprint density at radius 1 is 1.44 bits per heavy atom. The van der Waals surface area contributed by atoms with Gasteiger partial charge in [0.2, 0.25) is 0 Å². The lowest BCUT2D eigenvalue weighted by atomic mass is 10.0. The van der Waals surface area contributed by atoms with Crippen LogP contribution in [-0.2, 0) is 4.79 Å². The van der Waals surface area contributed by atoms with Gasteiger partial charge in [-0.2, -0.15) is 0 Å². The van der Waals surface area contributed by atoms with Gasteiger partial charge in [0.15, 0.2) is 0 Å². The van der Waals surface area contributed by atoms with E-state index in [0.29, 0.717) is 6.54 Å². The van der Waals surface area contributed by atoms with Crippen LogP contribution in [0, 0.1) is 0 Å². The minimum atomic E-state index is -0.774. The van der Waals surface area contributed by atoms with Gasteiger partial charge in [0, 0.05) is 12.6 Å². The van der Waals surface area contributed by atoms with Crippen LogP contribution in [0.4, 0.5) is 0 Å². The van der Waals surface area contributed by atoms with Crippen molar-refractivity contribution >= 4 is 5.97 Å². The van der Waals surface area contributed by atoms with Gasteiger partial charge in [-0.05, 0) is 26.3 Å². The molecule has 1 aliphatic rings. The van der Waals surface area contributed by atoms with Crippen LogP contribution in [0.2, 0.25) is 0 Å². The van der Waals surface area contributed by atoms with Crippen LogP contribution in [0.15, 0.2) is 0 Å². The second-order valence-electron chi connectivity index (χ2n) is 4.94. The minimum Gasteiger partial charge on any atom is -0.481 e. The molecule has 94 valence electrons. The van der Waals surface area contributed by atoms with E-state index in [1.54, 1.807) is 0 Å². The fourth-order valence-corrected chi connectivity index (χ4v) is 2.53. The molecule has 1 unspecified atom stereocenters. The third-order valence-corrected chi connectivity index (χ3v) is 3.53. The lowest BCUT2D eigenvalue weighted by Crippen LogP contribution is -2.45. The number of nitrogens with zero attached hydrogens (tertiary/aromatic N) is 1. The van der Waals surface area contributed by atoms with Gasteiger partial charge >= 0.3 is 5.97 Å². The summed E-state index contributed by atoms with van der Waals surface area (Å²) in [5.74, 6) is -0.774. The standard InChI is InChI=1S/C12H23NO3/c1-3-13(10(2)8-11(14)15)9-12(16)6-4-5-7-12/h10,16H,3-9H2,1-2H3,(H,14,15). The van der Waals surface area contributed by atoms with Gasteiger partial charge in [0.25, 0.3) is 0 Å². The number of carboxylic acid groups (broad SMARTS) is 1. The van der Waals surface area contributed by atoms with Crippen LogP contribution in [0.25, 0.3) is 0 Å². The van der Waals surface area contributed by atoms with Gasteiger partial charge in [-0.1, -0.05) is 19.8 Å². The predicted molar refractivity (Wildman–Crippen MR) is 62.4 cm³/mol. The molecule has 0 aromatic heterocycles. The molecule has 1 rings (SSSR count). The largest absolute Gasteiger partial charge is 0.481 e. The van der Waals surface area contributed by atoms with Crippen LogP contribution < -0.4 is 0 Å². The number of aliphatic hydroxyl groups is 1. The molecule has 0 aromatic carbocycles. The highest BCUT2D eigenvalue weighted by Gasteiger charge is 2.34. The molecule has 0 amide bonds. The molecule has 4 nitrogen and oxygen atoms in total. The van der Waals surface area contributed by atoms with Gasteiger partial charge in [0.1, 0.15) is 0 Å². The number of hydrogen-bond donors (Lipinski definition) is 2. The van der Waals surface area contributed by atoms with Crippen molar-refractivity contribution in [3.63, 3.8) is 0 Å². The van der Waals surface area contributed by atoms with E-state index in [1.165, 1.54) is 0 Å². The third-order valence-electron chi connectivity index (χ3n) is 3.53. The van der Waals surface area contributed by atoms with Crippen LogP contribution >= 0.6 is 0 Å². The Hall–Kier alpha value is -0.610.